The molecule has 2 aromatic rings. The number of carbonyl (C=O) groups excluding carboxylic acids is 1. The number of rotatable bonds is 3. The molecule has 4 rings (SSSR count). The van der Waals surface area contributed by atoms with E-state index in [4.69, 9.17) is 0 Å². The lowest BCUT2D eigenvalue weighted by atomic mass is 10.2. The maximum absolute atomic E-state index is 12.7. The highest BCUT2D eigenvalue weighted by Crippen LogP contribution is 2.41. The van der Waals surface area contributed by atoms with Crippen molar-refractivity contribution >= 4 is 5.91 Å². The molecule has 1 saturated heterocycles. The molecule has 5 heteroatoms. The van der Waals surface area contributed by atoms with E-state index >= 15 is 0 Å². The van der Waals surface area contributed by atoms with Gasteiger partial charge in [0.15, 0.2) is 0 Å². The molecule has 23 heavy (non-hydrogen) atoms. The van der Waals surface area contributed by atoms with Gasteiger partial charge in [-0.25, -0.2) is 4.98 Å². The van der Waals surface area contributed by atoms with Crippen molar-refractivity contribution in [2.45, 2.75) is 45.1 Å². The van der Waals surface area contributed by atoms with Gasteiger partial charge < -0.3 is 9.47 Å². The Morgan fingerprint density at radius 1 is 1.13 bits per heavy atom. The van der Waals surface area contributed by atoms with E-state index in [1.54, 1.807) is 6.20 Å². The minimum atomic E-state index is 0.0886. The summed E-state index contributed by atoms with van der Waals surface area (Å²) in [4.78, 5) is 23.4. The summed E-state index contributed by atoms with van der Waals surface area (Å²) in [6.07, 6.45) is 7.16. The highest BCUT2D eigenvalue weighted by molar-refractivity contribution is 5.94. The SMILES string of the molecule is Cc1ccc(C(=O)N2CCC(n3c(C)cnc3C3CC3)C2)cn1. The second-order valence-corrected chi connectivity index (χ2v) is 6.78. The Labute approximate surface area is 136 Å². The normalized spacial score (nSPS) is 21.0. The predicted octanol–water partition coefficient (Wildman–Crippen LogP) is 2.86. The largest absolute Gasteiger partial charge is 0.336 e. The molecule has 1 amide bonds. The van der Waals surface area contributed by atoms with E-state index in [2.05, 4.69) is 21.5 Å². The van der Waals surface area contributed by atoms with Crippen LogP contribution in [0.5, 0.6) is 0 Å². The lowest BCUT2D eigenvalue weighted by Crippen LogP contribution is -2.29. The molecule has 2 fully saturated rings. The number of imidazole rings is 1. The quantitative estimate of drug-likeness (QED) is 0.876. The van der Waals surface area contributed by atoms with Gasteiger partial charge in [0.1, 0.15) is 5.82 Å². The molecule has 0 spiro atoms. The fourth-order valence-corrected chi connectivity index (χ4v) is 3.50. The van der Waals surface area contributed by atoms with Crippen LogP contribution in [0.2, 0.25) is 0 Å². The van der Waals surface area contributed by atoms with Gasteiger partial charge in [-0.1, -0.05) is 0 Å². The van der Waals surface area contributed by atoms with Crippen molar-refractivity contribution in [1.29, 1.82) is 0 Å². The van der Waals surface area contributed by atoms with Crippen LogP contribution in [0.25, 0.3) is 0 Å². The number of nitrogens with zero attached hydrogens (tertiary/aromatic N) is 4. The number of pyridine rings is 1. The molecule has 0 aromatic carbocycles. The maximum atomic E-state index is 12.7. The first-order chi connectivity index (χ1) is 11.1. The number of likely N-dealkylation sites (tertiary alicyclic amines) is 1. The number of aryl methyl sites for hydroxylation is 2. The van der Waals surface area contributed by atoms with Gasteiger partial charge in [0, 0.05) is 42.8 Å². The summed E-state index contributed by atoms with van der Waals surface area (Å²) in [6.45, 7) is 5.62. The lowest BCUT2D eigenvalue weighted by Gasteiger charge is -2.19. The molecule has 5 nitrogen and oxygen atoms in total. The zero-order chi connectivity index (χ0) is 16.0. The number of aromatic nitrogens is 3. The Bertz CT molecular complexity index is 730. The molecular weight excluding hydrogens is 288 g/mol. The van der Waals surface area contributed by atoms with Crippen LogP contribution in [-0.2, 0) is 0 Å². The Hall–Kier alpha value is -2.17. The Morgan fingerprint density at radius 2 is 1.96 bits per heavy atom. The molecule has 1 atom stereocenters. The van der Waals surface area contributed by atoms with Crippen molar-refractivity contribution < 1.29 is 4.79 Å². The van der Waals surface area contributed by atoms with Gasteiger partial charge in [-0.3, -0.25) is 9.78 Å². The van der Waals surface area contributed by atoms with E-state index < -0.39 is 0 Å². The molecule has 0 bridgehead atoms. The van der Waals surface area contributed by atoms with Gasteiger partial charge in [-0.05, 0) is 45.2 Å². The Balaban J connectivity index is 1.52. The number of hydrogen-bond donors (Lipinski definition) is 0. The summed E-state index contributed by atoms with van der Waals surface area (Å²) in [5.74, 6) is 1.94. The minimum absolute atomic E-state index is 0.0886. The summed E-state index contributed by atoms with van der Waals surface area (Å²) < 4.78 is 2.37. The minimum Gasteiger partial charge on any atom is -0.336 e. The van der Waals surface area contributed by atoms with Crippen molar-refractivity contribution in [3.8, 4) is 0 Å². The standard InChI is InChI=1S/C18H22N4O/c1-12-3-4-15(10-19-12)18(23)21-8-7-16(11-21)22-13(2)9-20-17(22)14-5-6-14/h3-4,9-10,14,16H,5-8,11H2,1-2H3. The van der Waals surface area contributed by atoms with Crippen molar-refractivity contribution in [2.24, 2.45) is 0 Å². The van der Waals surface area contributed by atoms with Crippen LogP contribution >= 0.6 is 0 Å². The summed E-state index contributed by atoms with van der Waals surface area (Å²) in [6, 6.07) is 4.12. The van der Waals surface area contributed by atoms with E-state index in [0.717, 1.165) is 25.2 Å². The molecule has 1 unspecified atom stereocenters. The van der Waals surface area contributed by atoms with Crippen LogP contribution in [-0.4, -0.2) is 38.4 Å². The first kappa shape index (κ1) is 14.4. The fourth-order valence-electron chi connectivity index (χ4n) is 3.50. The summed E-state index contributed by atoms with van der Waals surface area (Å²) in [5, 5.41) is 0. The molecule has 3 heterocycles. The predicted molar refractivity (Wildman–Crippen MR) is 87.5 cm³/mol. The van der Waals surface area contributed by atoms with Crippen LogP contribution in [0.4, 0.5) is 0 Å². The average molecular weight is 310 g/mol. The summed E-state index contributed by atoms with van der Waals surface area (Å²) in [7, 11) is 0. The summed E-state index contributed by atoms with van der Waals surface area (Å²) in [5.41, 5.74) is 2.83. The maximum Gasteiger partial charge on any atom is 0.255 e. The Kier molecular flexibility index (Phi) is 3.43. The number of amides is 1. The molecule has 0 N–H and O–H groups in total. The molecule has 2 aromatic heterocycles. The average Bonchev–Trinajstić information content (AvgIpc) is 3.15. The highest BCUT2D eigenvalue weighted by Gasteiger charge is 2.34. The van der Waals surface area contributed by atoms with Crippen molar-refractivity contribution in [3.05, 3.63) is 47.3 Å². The van der Waals surface area contributed by atoms with Gasteiger partial charge in [-0.15, -0.1) is 0 Å². The second-order valence-electron chi connectivity index (χ2n) is 6.78. The van der Waals surface area contributed by atoms with Crippen LogP contribution in [0.15, 0.2) is 24.5 Å². The van der Waals surface area contributed by atoms with Crippen LogP contribution < -0.4 is 0 Å². The van der Waals surface area contributed by atoms with E-state index in [-0.39, 0.29) is 5.91 Å². The van der Waals surface area contributed by atoms with E-state index in [9.17, 15) is 4.79 Å². The van der Waals surface area contributed by atoms with Crippen LogP contribution in [0, 0.1) is 13.8 Å². The third-order valence-electron chi connectivity index (χ3n) is 4.93. The van der Waals surface area contributed by atoms with E-state index in [0.29, 0.717) is 17.5 Å². The zero-order valence-electron chi connectivity index (χ0n) is 13.7. The monoisotopic (exact) mass is 310 g/mol. The molecular formula is C18H22N4O. The van der Waals surface area contributed by atoms with E-state index in [1.165, 1.54) is 24.4 Å². The molecule has 0 radical (unpaired) electrons. The van der Waals surface area contributed by atoms with Crippen molar-refractivity contribution in [3.63, 3.8) is 0 Å². The van der Waals surface area contributed by atoms with Gasteiger partial charge >= 0.3 is 0 Å². The van der Waals surface area contributed by atoms with Gasteiger partial charge in [0.25, 0.3) is 5.91 Å². The lowest BCUT2D eigenvalue weighted by molar-refractivity contribution is 0.0787. The topological polar surface area (TPSA) is 51.0 Å². The molecule has 1 saturated carbocycles. The smallest absolute Gasteiger partial charge is 0.255 e. The van der Waals surface area contributed by atoms with Crippen LogP contribution in [0.1, 0.15) is 58.8 Å². The number of carbonyl (C=O) groups is 1. The number of hydrogen-bond acceptors (Lipinski definition) is 3. The van der Waals surface area contributed by atoms with E-state index in [1.807, 2.05) is 30.2 Å². The molecule has 2 aliphatic rings. The zero-order valence-corrected chi connectivity index (χ0v) is 13.7. The first-order valence-corrected chi connectivity index (χ1v) is 8.39. The summed E-state index contributed by atoms with van der Waals surface area (Å²) >= 11 is 0. The third kappa shape index (κ3) is 2.64. The second kappa shape index (κ2) is 5.48. The van der Waals surface area contributed by atoms with Gasteiger partial charge in [-0.2, -0.15) is 0 Å². The van der Waals surface area contributed by atoms with Crippen molar-refractivity contribution in [2.75, 3.05) is 13.1 Å². The highest BCUT2D eigenvalue weighted by atomic mass is 16.2. The molecule has 1 aliphatic carbocycles. The molecule has 1 aliphatic heterocycles. The fraction of sp³-hybridized carbons (Fsp3) is 0.500. The van der Waals surface area contributed by atoms with Crippen molar-refractivity contribution in [1.82, 2.24) is 19.4 Å². The third-order valence-corrected chi connectivity index (χ3v) is 4.93. The van der Waals surface area contributed by atoms with Gasteiger partial charge in [0.2, 0.25) is 0 Å². The first-order valence-electron chi connectivity index (χ1n) is 8.39. The van der Waals surface area contributed by atoms with Gasteiger partial charge in [0.05, 0.1) is 11.6 Å². The molecule has 120 valence electrons. The Morgan fingerprint density at radius 3 is 2.65 bits per heavy atom. The van der Waals surface area contributed by atoms with Crippen LogP contribution in [0.3, 0.4) is 0 Å².